The van der Waals surface area contributed by atoms with E-state index in [0.29, 0.717) is 25.9 Å². The molecule has 3 atom stereocenters. The molecule has 168 valence electrons. The first kappa shape index (κ1) is 21.8. The fraction of sp³-hybridized carbons (Fsp3) is 0.591. The van der Waals surface area contributed by atoms with Crippen LogP contribution in [0.2, 0.25) is 0 Å². The van der Waals surface area contributed by atoms with Gasteiger partial charge in [0, 0.05) is 32.0 Å². The lowest BCUT2D eigenvalue weighted by Gasteiger charge is -2.37. The van der Waals surface area contributed by atoms with Gasteiger partial charge in [0.2, 0.25) is 17.7 Å². The molecule has 1 saturated carbocycles. The van der Waals surface area contributed by atoms with E-state index in [4.69, 9.17) is 4.74 Å². The van der Waals surface area contributed by atoms with Crippen molar-refractivity contribution in [2.45, 2.75) is 69.4 Å². The Bertz CT molecular complexity index is 904. The van der Waals surface area contributed by atoms with Gasteiger partial charge in [-0.3, -0.25) is 19.3 Å². The number of hydrogen-bond acceptors (Lipinski definition) is 4. The number of hydrogen-bond donors (Lipinski definition) is 0. The molecule has 1 unspecified atom stereocenters. The summed E-state index contributed by atoms with van der Waals surface area (Å²) in [6, 6.07) is 4.24. The van der Waals surface area contributed by atoms with Gasteiger partial charge < -0.3 is 9.64 Å². The highest BCUT2D eigenvalue weighted by molar-refractivity contribution is 6.11. The van der Waals surface area contributed by atoms with E-state index >= 15 is 0 Å². The predicted molar refractivity (Wildman–Crippen MR) is 104 cm³/mol. The summed E-state index contributed by atoms with van der Waals surface area (Å²) in [5.41, 5.74) is -2.47. The van der Waals surface area contributed by atoms with Crippen LogP contribution in [0.15, 0.2) is 24.3 Å². The first-order valence-electron chi connectivity index (χ1n) is 10.5. The average Bonchev–Trinajstić information content (AvgIpc) is 3.47. The van der Waals surface area contributed by atoms with Gasteiger partial charge >= 0.3 is 6.18 Å². The van der Waals surface area contributed by atoms with Crippen LogP contribution in [0.3, 0.4) is 0 Å². The zero-order chi connectivity index (χ0) is 22.6. The molecule has 2 aliphatic heterocycles. The lowest BCUT2D eigenvalue weighted by atomic mass is 9.75. The first-order chi connectivity index (χ1) is 14.5. The molecule has 4 rings (SSSR count). The van der Waals surface area contributed by atoms with E-state index in [1.165, 1.54) is 12.1 Å². The molecule has 9 heteroatoms. The molecular formula is C22H25F3N2O4. The van der Waals surface area contributed by atoms with E-state index in [1.54, 1.807) is 4.90 Å². The van der Waals surface area contributed by atoms with Crippen LogP contribution in [0.25, 0.3) is 0 Å². The monoisotopic (exact) mass is 438 g/mol. The van der Waals surface area contributed by atoms with Crippen LogP contribution in [-0.2, 0) is 30.7 Å². The Labute approximate surface area is 178 Å². The molecule has 1 aromatic carbocycles. The number of alkyl halides is 3. The maximum absolute atomic E-state index is 13.5. The number of nitrogens with zero attached hydrogens (tertiary/aromatic N) is 2. The Balaban J connectivity index is 1.71. The highest BCUT2D eigenvalue weighted by atomic mass is 19.4. The molecule has 2 saturated heterocycles. The molecule has 0 N–H and O–H groups in total. The minimum Gasteiger partial charge on any atom is -0.372 e. The fourth-order valence-corrected chi connectivity index (χ4v) is 4.68. The first-order valence-corrected chi connectivity index (χ1v) is 10.5. The summed E-state index contributed by atoms with van der Waals surface area (Å²) >= 11 is 0. The van der Waals surface area contributed by atoms with Crippen molar-refractivity contribution in [2.24, 2.45) is 0 Å². The van der Waals surface area contributed by atoms with Crippen LogP contribution in [0.5, 0.6) is 0 Å². The summed E-state index contributed by atoms with van der Waals surface area (Å²) in [5.74, 6) is -1.36. The van der Waals surface area contributed by atoms with Crippen molar-refractivity contribution in [3.63, 3.8) is 0 Å². The van der Waals surface area contributed by atoms with Crippen molar-refractivity contribution in [3.05, 3.63) is 35.4 Å². The van der Waals surface area contributed by atoms with E-state index in [1.807, 2.05) is 13.8 Å². The Hall–Kier alpha value is -2.42. The van der Waals surface area contributed by atoms with E-state index < -0.39 is 29.0 Å². The molecule has 1 aliphatic carbocycles. The lowest BCUT2D eigenvalue weighted by molar-refractivity contribution is -0.148. The fourth-order valence-electron chi connectivity index (χ4n) is 4.68. The van der Waals surface area contributed by atoms with Crippen molar-refractivity contribution in [2.75, 3.05) is 13.1 Å². The van der Waals surface area contributed by atoms with Gasteiger partial charge in [0.05, 0.1) is 23.2 Å². The number of ether oxygens (including phenoxy) is 1. The van der Waals surface area contributed by atoms with Crippen molar-refractivity contribution < 1.29 is 32.3 Å². The molecule has 2 heterocycles. The predicted octanol–water partition coefficient (Wildman–Crippen LogP) is 2.89. The van der Waals surface area contributed by atoms with E-state index in [9.17, 15) is 27.6 Å². The number of rotatable bonds is 4. The quantitative estimate of drug-likeness (QED) is 0.678. The second kappa shape index (κ2) is 7.62. The van der Waals surface area contributed by atoms with Crippen LogP contribution < -0.4 is 0 Å². The molecular weight excluding hydrogens is 413 g/mol. The van der Waals surface area contributed by atoms with Crippen LogP contribution in [-0.4, -0.2) is 58.9 Å². The molecule has 0 radical (unpaired) electrons. The summed E-state index contributed by atoms with van der Waals surface area (Å²) in [4.78, 5) is 42.1. The number of carbonyl (C=O) groups is 3. The summed E-state index contributed by atoms with van der Waals surface area (Å²) in [5, 5.41) is 0. The molecule has 0 spiro atoms. The van der Waals surface area contributed by atoms with Gasteiger partial charge in [-0.15, -0.1) is 0 Å². The minimum atomic E-state index is -4.60. The largest absolute Gasteiger partial charge is 0.416 e. The van der Waals surface area contributed by atoms with Gasteiger partial charge in [0.1, 0.15) is 0 Å². The highest BCUT2D eigenvalue weighted by Gasteiger charge is 2.57. The number of morpholine rings is 1. The molecule has 0 aromatic heterocycles. The van der Waals surface area contributed by atoms with Gasteiger partial charge in [0.15, 0.2) is 0 Å². The third-order valence-electron chi connectivity index (χ3n) is 6.23. The van der Waals surface area contributed by atoms with Crippen LogP contribution >= 0.6 is 0 Å². The zero-order valence-electron chi connectivity index (χ0n) is 17.4. The number of imide groups is 1. The Morgan fingerprint density at radius 1 is 1.16 bits per heavy atom. The number of likely N-dealkylation sites (tertiary alicyclic amines) is 1. The Kier molecular flexibility index (Phi) is 5.36. The Morgan fingerprint density at radius 3 is 2.39 bits per heavy atom. The topological polar surface area (TPSA) is 66.9 Å². The summed E-state index contributed by atoms with van der Waals surface area (Å²) in [6.07, 6.45) is -4.27. The molecule has 3 aliphatic rings. The maximum atomic E-state index is 13.5. The van der Waals surface area contributed by atoms with Crippen LogP contribution in [0.4, 0.5) is 13.2 Å². The van der Waals surface area contributed by atoms with Crippen molar-refractivity contribution >= 4 is 17.7 Å². The SMILES string of the molecule is C[C@@H]1CN(C(=O)CC2(c3cccc(C(F)(F)F)c3)CC(=O)N(C3CC3)C2=O)C[C@H](C)O1. The minimum absolute atomic E-state index is 0.0616. The molecule has 3 amide bonds. The molecule has 3 fully saturated rings. The third kappa shape index (κ3) is 4.07. The van der Waals surface area contributed by atoms with Gasteiger partial charge in [-0.25, -0.2) is 0 Å². The average molecular weight is 438 g/mol. The van der Waals surface area contributed by atoms with Gasteiger partial charge in [-0.1, -0.05) is 18.2 Å². The van der Waals surface area contributed by atoms with E-state index in [0.717, 1.165) is 17.0 Å². The lowest BCUT2D eigenvalue weighted by Crippen LogP contribution is -2.51. The van der Waals surface area contributed by atoms with Gasteiger partial charge in [-0.2, -0.15) is 13.2 Å². The van der Waals surface area contributed by atoms with Crippen molar-refractivity contribution in [1.82, 2.24) is 9.80 Å². The third-order valence-corrected chi connectivity index (χ3v) is 6.23. The van der Waals surface area contributed by atoms with Crippen LogP contribution in [0.1, 0.15) is 50.7 Å². The number of benzene rings is 1. The highest BCUT2D eigenvalue weighted by Crippen LogP contribution is 2.45. The molecule has 6 nitrogen and oxygen atoms in total. The standard InChI is InChI=1S/C22H25F3N2O4/c1-13-11-26(12-14(2)31-13)18(28)9-21(10-19(29)27(20(21)30)17-6-7-17)15-4-3-5-16(8-15)22(23,24)25/h3-5,8,13-14,17H,6-7,9-12H2,1-2H3/t13-,14+,21?. The Morgan fingerprint density at radius 2 is 1.81 bits per heavy atom. The number of carbonyl (C=O) groups excluding carboxylic acids is 3. The summed E-state index contributed by atoms with van der Waals surface area (Å²) in [7, 11) is 0. The normalized spacial score (nSPS) is 29.6. The summed E-state index contributed by atoms with van der Waals surface area (Å²) in [6.45, 7) is 4.32. The maximum Gasteiger partial charge on any atom is 0.416 e. The number of amides is 3. The molecule has 0 bridgehead atoms. The molecule has 1 aromatic rings. The molecule has 31 heavy (non-hydrogen) atoms. The second-order valence-electron chi connectivity index (χ2n) is 8.87. The van der Waals surface area contributed by atoms with Crippen molar-refractivity contribution in [1.29, 1.82) is 0 Å². The van der Waals surface area contributed by atoms with E-state index in [2.05, 4.69) is 0 Å². The van der Waals surface area contributed by atoms with Crippen molar-refractivity contribution in [3.8, 4) is 0 Å². The van der Waals surface area contributed by atoms with E-state index in [-0.39, 0.29) is 42.6 Å². The van der Waals surface area contributed by atoms with Gasteiger partial charge in [-0.05, 0) is 38.3 Å². The van der Waals surface area contributed by atoms with Gasteiger partial charge in [0.25, 0.3) is 0 Å². The summed E-state index contributed by atoms with van der Waals surface area (Å²) < 4.78 is 45.7. The second-order valence-corrected chi connectivity index (χ2v) is 8.87. The number of halogens is 3. The van der Waals surface area contributed by atoms with Crippen LogP contribution in [0, 0.1) is 0 Å². The smallest absolute Gasteiger partial charge is 0.372 e. The zero-order valence-corrected chi connectivity index (χ0v) is 17.4.